The predicted octanol–water partition coefficient (Wildman–Crippen LogP) is 4.25. The van der Waals surface area contributed by atoms with Crippen LogP contribution in [0.3, 0.4) is 0 Å². The van der Waals surface area contributed by atoms with Crippen LogP contribution in [0.4, 0.5) is 5.13 Å². The van der Waals surface area contributed by atoms with Crippen molar-refractivity contribution in [3.63, 3.8) is 0 Å². The summed E-state index contributed by atoms with van der Waals surface area (Å²) in [5, 5.41) is 6.95. The number of nitrogens with one attached hydrogen (secondary N) is 2. The summed E-state index contributed by atoms with van der Waals surface area (Å²) >= 11 is 5.03. The highest BCUT2D eigenvalue weighted by Crippen LogP contribution is 2.23. The Morgan fingerprint density at radius 1 is 1.46 bits per heavy atom. The van der Waals surface area contributed by atoms with Crippen LogP contribution in [0.15, 0.2) is 34.9 Å². The molecule has 1 fully saturated rings. The number of amides is 1. The van der Waals surface area contributed by atoms with Crippen molar-refractivity contribution in [1.82, 2.24) is 10.3 Å². The molecule has 1 aliphatic rings. The summed E-state index contributed by atoms with van der Waals surface area (Å²) in [6, 6.07) is 8.24. The summed E-state index contributed by atoms with van der Waals surface area (Å²) in [7, 11) is 0. The molecule has 1 saturated heterocycles. The number of anilines is 1. The van der Waals surface area contributed by atoms with Gasteiger partial charge in [-0.15, -0.1) is 23.7 Å². The van der Waals surface area contributed by atoms with Gasteiger partial charge in [0.25, 0.3) is 0 Å². The molecule has 1 aromatic heterocycles. The van der Waals surface area contributed by atoms with Gasteiger partial charge in [-0.3, -0.25) is 4.79 Å². The second kappa shape index (κ2) is 9.51. The third-order valence-corrected chi connectivity index (χ3v) is 5.42. The van der Waals surface area contributed by atoms with Gasteiger partial charge >= 0.3 is 0 Å². The molecule has 1 unspecified atom stereocenters. The highest BCUT2D eigenvalue weighted by atomic mass is 79.9. The molecule has 2 heterocycles. The van der Waals surface area contributed by atoms with Crippen molar-refractivity contribution in [2.24, 2.45) is 5.92 Å². The van der Waals surface area contributed by atoms with E-state index in [1.165, 1.54) is 12.0 Å². The third kappa shape index (κ3) is 5.84. The van der Waals surface area contributed by atoms with Gasteiger partial charge in [0.15, 0.2) is 5.13 Å². The largest absolute Gasteiger partial charge is 0.316 e. The Balaban J connectivity index is 0.00000208. The summed E-state index contributed by atoms with van der Waals surface area (Å²) in [5.74, 6) is 0.712. The average Bonchev–Trinajstić information content (AvgIpc) is 3.17. The van der Waals surface area contributed by atoms with E-state index in [1.54, 1.807) is 11.3 Å². The fourth-order valence-corrected chi connectivity index (χ4v) is 4.08. The first-order valence-electron chi connectivity index (χ1n) is 7.89. The molecule has 2 N–H and O–H groups in total. The minimum Gasteiger partial charge on any atom is -0.316 e. The van der Waals surface area contributed by atoms with E-state index in [1.807, 2.05) is 18.3 Å². The fraction of sp³-hybridized carbons (Fsp3) is 0.412. The molecule has 3 rings (SSSR count). The molecule has 4 nitrogen and oxygen atoms in total. The number of hydrogen-bond acceptors (Lipinski definition) is 4. The van der Waals surface area contributed by atoms with Gasteiger partial charge in [-0.05, 0) is 49.5 Å². The molecular formula is C17H21BrClN3OS. The van der Waals surface area contributed by atoms with E-state index in [-0.39, 0.29) is 18.3 Å². The molecule has 0 aliphatic carbocycles. The Morgan fingerprint density at radius 2 is 2.33 bits per heavy atom. The number of nitrogens with zero attached hydrogens (tertiary/aromatic N) is 1. The van der Waals surface area contributed by atoms with Crippen molar-refractivity contribution in [2.45, 2.75) is 25.7 Å². The first-order valence-corrected chi connectivity index (χ1v) is 9.50. The summed E-state index contributed by atoms with van der Waals surface area (Å²) in [6.45, 7) is 2.12. The number of benzene rings is 1. The molecule has 1 atom stereocenters. The average molecular weight is 431 g/mol. The zero-order valence-electron chi connectivity index (χ0n) is 13.3. The Bertz CT molecular complexity index is 673. The van der Waals surface area contributed by atoms with E-state index in [4.69, 9.17) is 0 Å². The summed E-state index contributed by atoms with van der Waals surface area (Å²) in [6.07, 6.45) is 5.39. The molecule has 7 heteroatoms. The monoisotopic (exact) mass is 429 g/mol. The maximum absolute atomic E-state index is 12.0. The lowest BCUT2D eigenvalue weighted by molar-refractivity contribution is -0.116. The van der Waals surface area contributed by atoms with Crippen LogP contribution in [-0.4, -0.2) is 24.0 Å². The van der Waals surface area contributed by atoms with E-state index < -0.39 is 0 Å². The van der Waals surface area contributed by atoms with Gasteiger partial charge in [0.05, 0.1) is 0 Å². The zero-order valence-corrected chi connectivity index (χ0v) is 16.5. The molecule has 2 aromatic rings. The minimum atomic E-state index is 0. The van der Waals surface area contributed by atoms with Crippen molar-refractivity contribution in [1.29, 1.82) is 0 Å². The highest BCUT2D eigenvalue weighted by Gasteiger charge is 2.16. The zero-order chi connectivity index (χ0) is 16.1. The third-order valence-electron chi connectivity index (χ3n) is 4.01. The standard InChI is InChI=1S/C17H20BrN3OS.ClH/c18-14-3-1-2-13(8-14)9-15-11-20-17(23-15)21-16(22)5-4-12-6-7-19-10-12;/h1-3,8,11-12,19H,4-7,9-10H2,(H,20,21,22);1H. The maximum Gasteiger partial charge on any atom is 0.226 e. The van der Waals surface area contributed by atoms with E-state index in [0.717, 1.165) is 35.3 Å². The van der Waals surface area contributed by atoms with E-state index in [2.05, 4.69) is 43.7 Å². The first kappa shape index (κ1) is 19.4. The normalized spacial score (nSPS) is 16.6. The van der Waals surface area contributed by atoms with Crippen LogP contribution >= 0.6 is 39.7 Å². The van der Waals surface area contributed by atoms with Crippen LogP contribution in [-0.2, 0) is 11.2 Å². The predicted molar refractivity (Wildman–Crippen MR) is 105 cm³/mol. The second-order valence-electron chi connectivity index (χ2n) is 5.88. The van der Waals surface area contributed by atoms with Gasteiger partial charge < -0.3 is 10.6 Å². The van der Waals surface area contributed by atoms with Gasteiger partial charge in [-0.2, -0.15) is 0 Å². The van der Waals surface area contributed by atoms with Crippen molar-refractivity contribution in [2.75, 3.05) is 18.4 Å². The van der Waals surface area contributed by atoms with Crippen LogP contribution in [0, 0.1) is 5.92 Å². The van der Waals surface area contributed by atoms with Gasteiger partial charge in [0.1, 0.15) is 0 Å². The lowest BCUT2D eigenvalue weighted by atomic mass is 10.0. The molecule has 1 amide bonds. The van der Waals surface area contributed by atoms with E-state index in [0.29, 0.717) is 17.5 Å². The second-order valence-corrected chi connectivity index (χ2v) is 7.91. The summed E-state index contributed by atoms with van der Waals surface area (Å²) in [5.41, 5.74) is 1.23. The highest BCUT2D eigenvalue weighted by molar-refractivity contribution is 9.10. The van der Waals surface area contributed by atoms with Crippen molar-refractivity contribution >= 4 is 50.7 Å². The Kier molecular flexibility index (Phi) is 7.68. The van der Waals surface area contributed by atoms with Crippen molar-refractivity contribution < 1.29 is 4.79 Å². The molecule has 0 spiro atoms. The van der Waals surface area contributed by atoms with Gasteiger partial charge in [-0.1, -0.05) is 28.1 Å². The Labute approximate surface area is 161 Å². The van der Waals surface area contributed by atoms with Crippen LogP contribution in [0.25, 0.3) is 0 Å². The molecule has 1 aromatic carbocycles. The summed E-state index contributed by atoms with van der Waals surface area (Å²) < 4.78 is 1.08. The Hall–Kier alpha value is -0.950. The smallest absolute Gasteiger partial charge is 0.226 e. The number of thiazole rings is 1. The lowest BCUT2D eigenvalue weighted by Crippen LogP contribution is -2.14. The van der Waals surface area contributed by atoms with Crippen molar-refractivity contribution in [3.8, 4) is 0 Å². The molecule has 1 aliphatic heterocycles. The maximum atomic E-state index is 12.0. The van der Waals surface area contributed by atoms with Crippen LogP contribution in [0.1, 0.15) is 29.7 Å². The SMILES string of the molecule is Cl.O=C(CCC1CCNC1)Nc1ncc(Cc2cccc(Br)c2)s1. The minimum absolute atomic E-state index is 0. The number of carbonyl (C=O) groups excluding carboxylic acids is 1. The molecule has 0 saturated carbocycles. The molecule has 24 heavy (non-hydrogen) atoms. The number of carbonyl (C=O) groups is 1. The van der Waals surface area contributed by atoms with Gasteiger partial charge in [0.2, 0.25) is 5.91 Å². The quantitative estimate of drug-likeness (QED) is 0.720. The number of rotatable bonds is 6. The first-order chi connectivity index (χ1) is 11.2. The topological polar surface area (TPSA) is 54.0 Å². The van der Waals surface area contributed by atoms with Crippen LogP contribution < -0.4 is 10.6 Å². The fourth-order valence-electron chi connectivity index (χ4n) is 2.77. The van der Waals surface area contributed by atoms with Crippen LogP contribution in [0.5, 0.6) is 0 Å². The van der Waals surface area contributed by atoms with Gasteiger partial charge in [-0.25, -0.2) is 4.98 Å². The molecule has 0 bridgehead atoms. The molecule has 0 radical (unpaired) electrons. The van der Waals surface area contributed by atoms with Gasteiger partial charge in [0, 0.05) is 28.4 Å². The number of halogens is 2. The van der Waals surface area contributed by atoms with E-state index in [9.17, 15) is 4.79 Å². The molecular weight excluding hydrogens is 410 g/mol. The van der Waals surface area contributed by atoms with Crippen LogP contribution in [0.2, 0.25) is 0 Å². The molecule has 130 valence electrons. The summed E-state index contributed by atoms with van der Waals surface area (Å²) in [4.78, 5) is 17.5. The van der Waals surface area contributed by atoms with E-state index >= 15 is 0 Å². The number of aromatic nitrogens is 1. The lowest BCUT2D eigenvalue weighted by Gasteiger charge is -2.06. The Morgan fingerprint density at radius 3 is 3.08 bits per heavy atom. The van der Waals surface area contributed by atoms with Crippen molar-refractivity contribution in [3.05, 3.63) is 45.4 Å². The number of hydrogen-bond donors (Lipinski definition) is 2.